The Labute approximate surface area is 144 Å². The minimum Gasteiger partial charge on any atom is -0.312 e. The van der Waals surface area contributed by atoms with Crippen molar-refractivity contribution in [1.29, 1.82) is 0 Å². The summed E-state index contributed by atoms with van der Waals surface area (Å²) in [6.07, 6.45) is 3.12. The molecule has 0 saturated heterocycles. The van der Waals surface area contributed by atoms with E-state index in [1.54, 1.807) is 19.1 Å². The van der Waals surface area contributed by atoms with Crippen molar-refractivity contribution in [3.8, 4) is 0 Å². The van der Waals surface area contributed by atoms with Crippen LogP contribution in [0, 0.1) is 5.92 Å². The van der Waals surface area contributed by atoms with Crippen LogP contribution in [0.3, 0.4) is 0 Å². The minimum atomic E-state index is -0.691. The van der Waals surface area contributed by atoms with Gasteiger partial charge in [-0.2, -0.15) is 0 Å². The van der Waals surface area contributed by atoms with Crippen molar-refractivity contribution in [1.82, 2.24) is 0 Å². The Balaban J connectivity index is 2.23. The lowest BCUT2D eigenvalue weighted by atomic mass is 9.90. The van der Waals surface area contributed by atoms with E-state index in [0.717, 1.165) is 0 Å². The molecule has 0 bridgehead atoms. The molecule has 0 atom stereocenters. The standard InChI is InChI=1S/C17H15Cl2NO3/c1-9(2)13-8-15(10(3)6-16(13)21)20-23-17(22)12-5-4-11(18)7-14(12)19/h4-9H,1-3H3/b20-15+. The molecule has 1 aromatic rings. The number of hydrogen-bond donors (Lipinski definition) is 0. The van der Waals surface area contributed by atoms with Gasteiger partial charge < -0.3 is 4.84 Å². The Morgan fingerprint density at radius 3 is 2.52 bits per heavy atom. The summed E-state index contributed by atoms with van der Waals surface area (Å²) >= 11 is 11.7. The molecule has 0 radical (unpaired) electrons. The summed E-state index contributed by atoms with van der Waals surface area (Å²) in [6, 6.07) is 4.46. The van der Waals surface area contributed by atoms with Crippen LogP contribution in [0.1, 0.15) is 31.1 Å². The van der Waals surface area contributed by atoms with Gasteiger partial charge in [0.15, 0.2) is 5.78 Å². The van der Waals surface area contributed by atoms with E-state index in [9.17, 15) is 9.59 Å². The Kier molecular flexibility index (Phi) is 5.39. The fraction of sp³-hybridized carbons (Fsp3) is 0.235. The maximum Gasteiger partial charge on any atom is 0.367 e. The van der Waals surface area contributed by atoms with Gasteiger partial charge in [0.1, 0.15) is 5.71 Å². The summed E-state index contributed by atoms with van der Waals surface area (Å²) in [5, 5.41) is 4.46. The number of oxime groups is 1. The average molecular weight is 352 g/mol. The number of benzene rings is 1. The summed E-state index contributed by atoms with van der Waals surface area (Å²) in [5.74, 6) is -0.689. The second-order valence-electron chi connectivity index (χ2n) is 5.43. The lowest BCUT2D eigenvalue weighted by Crippen LogP contribution is -2.16. The smallest absolute Gasteiger partial charge is 0.312 e. The average Bonchev–Trinajstić information content (AvgIpc) is 2.45. The molecule has 0 saturated carbocycles. The third-order valence-corrected chi connectivity index (χ3v) is 3.88. The van der Waals surface area contributed by atoms with Crippen LogP contribution in [0.5, 0.6) is 0 Å². The van der Waals surface area contributed by atoms with Crippen molar-refractivity contribution in [2.24, 2.45) is 11.1 Å². The molecular weight excluding hydrogens is 337 g/mol. The lowest BCUT2D eigenvalue weighted by molar-refractivity contribution is -0.111. The lowest BCUT2D eigenvalue weighted by Gasteiger charge is -2.14. The summed E-state index contributed by atoms with van der Waals surface area (Å²) < 4.78 is 0. The molecule has 0 spiro atoms. The third-order valence-electron chi connectivity index (χ3n) is 3.33. The zero-order chi connectivity index (χ0) is 17.1. The maximum atomic E-state index is 12.0. The van der Waals surface area contributed by atoms with Crippen LogP contribution in [-0.2, 0) is 9.63 Å². The van der Waals surface area contributed by atoms with Gasteiger partial charge in [-0.1, -0.05) is 42.2 Å². The van der Waals surface area contributed by atoms with Crippen molar-refractivity contribution in [2.75, 3.05) is 0 Å². The molecule has 1 aliphatic carbocycles. The van der Waals surface area contributed by atoms with Gasteiger partial charge in [-0.3, -0.25) is 4.79 Å². The number of rotatable bonds is 3. The van der Waals surface area contributed by atoms with E-state index < -0.39 is 5.97 Å². The van der Waals surface area contributed by atoms with Gasteiger partial charge in [-0.05, 0) is 48.8 Å². The van der Waals surface area contributed by atoms with E-state index in [1.165, 1.54) is 18.2 Å². The molecule has 0 N–H and O–H groups in total. The van der Waals surface area contributed by atoms with E-state index in [1.807, 2.05) is 13.8 Å². The van der Waals surface area contributed by atoms with Crippen molar-refractivity contribution >= 4 is 40.7 Å². The molecule has 1 aliphatic rings. The molecule has 0 unspecified atom stereocenters. The molecule has 23 heavy (non-hydrogen) atoms. The maximum absolute atomic E-state index is 12.0. The van der Waals surface area contributed by atoms with Crippen molar-refractivity contribution in [3.63, 3.8) is 0 Å². The van der Waals surface area contributed by atoms with Gasteiger partial charge in [0.05, 0.1) is 10.6 Å². The number of ketones is 1. The number of allylic oxidation sites excluding steroid dienone is 4. The fourth-order valence-electron chi connectivity index (χ4n) is 2.03. The van der Waals surface area contributed by atoms with E-state index in [-0.39, 0.29) is 22.3 Å². The first kappa shape index (κ1) is 17.4. The molecule has 4 nitrogen and oxygen atoms in total. The van der Waals surface area contributed by atoms with Gasteiger partial charge in [-0.15, -0.1) is 0 Å². The number of nitrogens with zero attached hydrogens (tertiary/aromatic N) is 1. The molecule has 0 aliphatic heterocycles. The van der Waals surface area contributed by atoms with Crippen molar-refractivity contribution in [3.05, 3.63) is 57.1 Å². The molecule has 1 aromatic carbocycles. The topological polar surface area (TPSA) is 55.7 Å². The summed E-state index contributed by atoms with van der Waals surface area (Å²) in [7, 11) is 0. The molecule has 0 heterocycles. The van der Waals surface area contributed by atoms with Gasteiger partial charge in [0.25, 0.3) is 0 Å². The molecule has 0 fully saturated rings. The van der Waals surface area contributed by atoms with Crippen LogP contribution in [0.25, 0.3) is 0 Å². The highest BCUT2D eigenvalue weighted by molar-refractivity contribution is 6.36. The van der Waals surface area contributed by atoms with Gasteiger partial charge >= 0.3 is 5.97 Å². The first-order valence-electron chi connectivity index (χ1n) is 6.98. The predicted molar refractivity (Wildman–Crippen MR) is 91.0 cm³/mol. The fourth-order valence-corrected chi connectivity index (χ4v) is 2.52. The van der Waals surface area contributed by atoms with Crippen LogP contribution in [-0.4, -0.2) is 17.5 Å². The quantitative estimate of drug-likeness (QED) is 0.453. The third kappa shape index (κ3) is 4.09. The van der Waals surface area contributed by atoms with E-state index in [2.05, 4.69) is 5.16 Å². The molecule has 2 rings (SSSR count). The molecular formula is C17H15Cl2NO3. The first-order chi connectivity index (χ1) is 10.8. The Bertz CT molecular complexity index is 761. The van der Waals surface area contributed by atoms with Gasteiger partial charge in [0, 0.05) is 10.6 Å². The second kappa shape index (κ2) is 7.11. The molecule has 120 valence electrons. The highest BCUT2D eigenvalue weighted by Gasteiger charge is 2.20. The number of carbonyl (C=O) groups excluding carboxylic acids is 2. The SMILES string of the molecule is CC1=CC(=O)C(C(C)C)=C/C1=N\OC(=O)c1ccc(Cl)cc1Cl. The summed E-state index contributed by atoms with van der Waals surface area (Å²) in [4.78, 5) is 28.9. The van der Waals surface area contributed by atoms with Crippen molar-refractivity contribution < 1.29 is 14.4 Å². The van der Waals surface area contributed by atoms with Crippen LogP contribution in [0.15, 0.2) is 46.7 Å². The summed E-state index contributed by atoms with van der Waals surface area (Å²) in [5.41, 5.74) is 1.86. The Morgan fingerprint density at radius 1 is 1.22 bits per heavy atom. The van der Waals surface area contributed by atoms with Crippen LogP contribution in [0.4, 0.5) is 0 Å². The van der Waals surface area contributed by atoms with E-state index >= 15 is 0 Å². The van der Waals surface area contributed by atoms with Crippen LogP contribution < -0.4 is 0 Å². The molecule has 0 amide bonds. The predicted octanol–water partition coefficient (Wildman–Crippen LogP) is 4.62. The highest BCUT2D eigenvalue weighted by atomic mass is 35.5. The molecule has 6 heteroatoms. The molecule has 0 aromatic heterocycles. The monoisotopic (exact) mass is 351 g/mol. The Hall–Kier alpha value is -1.91. The zero-order valence-electron chi connectivity index (χ0n) is 12.9. The van der Waals surface area contributed by atoms with Crippen molar-refractivity contribution in [2.45, 2.75) is 20.8 Å². The number of halogens is 2. The minimum absolute atomic E-state index is 0.0523. The highest BCUT2D eigenvalue weighted by Crippen LogP contribution is 2.23. The normalized spacial score (nSPS) is 16.4. The number of hydrogen-bond acceptors (Lipinski definition) is 4. The zero-order valence-corrected chi connectivity index (χ0v) is 14.4. The Morgan fingerprint density at radius 2 is 1.91 bits per heavy atom. The largest absolute Gasteiger partial charge is 0.367 e. The van der Waals surface area contributed by atoms with Crippen LogP contribution >= 0.6 is 23.2 Å². The van der Waals surface area contributed by atoms with E-state index in [4.69, 9.17) is 28.0 Å². The number of carbonyl (C=O) groups is 2. The van der Waals surface area contributed by atoms with Gasteiger partial charge in [-0.25, -0.2) is 4.79 Å². The second-order valence-corrected chi connectivity index (χ2v) is 6.27. The van der Waals surface area contributed by atoms with Crippen LogP contribution in [0.2, 0.25) is 10.0 Å². The van der Waals surface area contributed by atoms with Gasteiger partial charge in [0.2, 0.25) is 0 Å². The summed E-state index contributed by atoms with van der Waals surface area (Å²) in [6.45, 7) is 5.55. The first-order valence-corrected chi connectivity index (χ1v) is 7.74. The van der Waals surface area contributed by atoms with E-state index in [0.29, 0.717) is 21.9 Å².